The van der Waals surface area contributed by atoms with Crippen LogP contribution in [-0.4, -0.2) is 21.2 Å². The Morgan fingerprint density at radius 2 is 2.16 bits per heavy atom. The van der Waals surface area contributed by atoms with Crippen LogP contribution >= 0.6 is 0 Å². The third kappa shape index (κ3) is 2.06. The number of carbonyl (C=O) groups is 1. The molecular weight excluding hydrogens is 242 g/mol. The molecule has 5 heteroatoms. The predicted octanol–water partition coefficient (Wildman–Crippen LogP) is 2.59. The molecule has 0 amide bonds. The third-order valence-electron chi connectivity index (χ3n) is 2.75. The smallest absolute Gasteiger partial charge is 0.338 e. The molecule has 5 nitrogen and oxygen atoms in total. The number of nitrogens with zero attached hydrogens (tertiary/aromatic N) is 2. The van der Waals surface area contributed by atoms with Gasteiger partial charge in [0.1, 0.15) is 5.75 Å². The number of carbonyl (C=O) groups excluding carboxylic acids is 1. The monoisotopic (exact) mass is 253 g/mol. The van der Waals surface area contributed by atoms with Crippen molar-refractivity contribution in [1.29, 1.82) is 0 Å². The van der Waals surface area contributed by atoms with Crippen molar-refractivity contribution >= 4 is 27.9 Å². The number of ether oxygens (including phenoxy) is 1. The largest absolute Gasteiger partial charge is 0.423 e. The molecular formula is C14H11N3O2. The van der Waals surface area contributed by atoms with E-state index in [4.69, 9.17) is 4.74 Å². The van der Waals surface area contributed by atoms with Crippen LogP contribution in [0.15, 0.2) is 42.6 Å². The van der Waals surface area contributed by atoms with Crippen LogP contribution in [0.4, 0.5) is 0 Å². The summed E-state index contributed by atoms with van der Waals surface area (Å²) in [6.45, 7) is 5.16. The van der Waals surface area contributed by atoms with Gasteiger partial charge in [0.05, 0.1) is 11.7 Å². The fourth-order valence-electron chi connectivity index (χ4n) is 1.78. The fraction of sp³-hybridized carbons (Fsp3) is 0.0714. The molecule has 94 valence electrons. The Labute approximate surface area is 108 Å². The number of benzene rings is 1. The Hall–Kier alpha value is -2.69. The minimum Gasteiger partial charge on any atom is -0.423 e. The minimum atomic E-state index is -0.434. The molecule has 0 aliphatic heterocycles. The highest BCUT2D eigenvalue weighted by Crippen LogP contribution is 2.23. The SMILES string of the molecule is C=C(C)C(=O)Oc1ccc2nc3[nH]ncc3cc2c1. The van der Waals surface area contributed by atoms with E-state index in [0.717, 1.165) is 21.9 Å². The van der Waals surface area contributed by atoms with Crippen LogP contribution in [0.1, 0.15) is 6.92 Å². The number of fused-ring (bicyclic) bond motifs is 2. The number of hydrogen-bond acceptors (Lipinski definition) is 4. The number of hydrogen-bond donors (Lipinski definition) is 1. The molecule has 0 bridgehead atoms. The number of pyridine rings is 1. The molecule has 3 aromatic rings. The second-order valence-corrected chi connectivity index (χ2v) is 4.32. The highest BCUT2D eigenvalue weighted by atomic mass is 16.5. The maximum Gasteiger partial charge on any atom is 0.338 e. The summed E-state index contributed by atoms with van der Waals surface area (Å²) in [5.74, 6) is 0.0434. The number of aromatic amines is 1. The fourth-order valence-corrected chi connectivity index (χ4v) is 1.78. The summed E-state index contributed by atoms with van der Waals surface area (Å²) in [4.78, 5) is 15.9. The van der Waals surface area contributed by atoms with Crippen molar-refractivity contribution in [3.8, 4) is 5.75 Å². The maximum atomic E-state index is 11.5. The lowest BCUT2D eigenvalue weighted by Gasteiger charge is -2.05. The molecule has 19 heavy (non-hydrogen) atoms. The average molecular weight is 253 g/mol. The van der Waals surface area contributed by atoms with E-state index in [1.807, 2.05) is 6.07 Å². The lowest BCUT2D eigenvalue weighted by atomic mass is 10.2. The van der Waals surface area contributed by atoms with Gasteiger partial charge in [-0.3, -0.25) is 5.10 Å². The van der Waals surface area contributed by atoms with E-state index in [9.17, 15) is 4.79 Å². The Bertz CT molecular complexity index is 805. The first kappa shape index (κ1) is 11.4. The zero-order valence-electron chi connectivity index (χ0n) is 10.3. The van der Waals surface area contributed by atoms with Gasteiger partial charge >= 0.3 is 5.97 Å². The van der Waals surface area contributed by atoms with Gasteiger partial charge in [0.2, 0.25) is 0 Å². The van der Waals surface area contributed by atoms with Crippen molar-refractivity contribution in [2.24, 2.45) is 0 Å². The zero-order valence-corrected chi connectivity index (χ0v) is 10.3. The molecule has 1 N–H and O–H groups in total. The molecule has 0 saturated heterocycles. The highest BCUT2D eigenvalue weighted by Gasteiger charge is 2.07. The van der Waals surface area contributed by atoms with Gasteiger partial charge in [-0.05, 0) is 31.2 Å². The average Bonchev–Trinajstić information content (AvgIpc) is 2.82. The molecule has 0 radical (unpaired) electrons. The van der Waals surface area contributed by atoms with Gasteiger partial charge in [0.25, 0.3) is 0 Å². The van der Waals surface area contributed by atoms with Crippen LogP contribution in [0, 0.1) is 0 Å². The first-order valence-electron chi connectivity index (χ1n) is 5.75. The standard InChI is InChI=1S/C14H11N3O2/c1-8(2)14(18)19-11-3-4-12-9(6-11)5-10-7-15-17-13(10)16-12/h3-7H,1H2,2H3,(H,15,16,17). The normalized spacial score (nSPS) is 10.8. The summed E-state index contributed by atoms with van der Waals surface area (Å²) >= 11 is 0. The molecule has 0 spiro atoms. The van der Waals surface area contributed by atoms with Crippen LogP contribution in [0.5, 0.6) is 5.75 Å². The maximum absolute atomic E-state index is 11.5. The van der Waals surface area contributed by atoms with E-state index in [-0.39, 0.29) is 0 Å². The van der Waals surface area contributed by atoms with Gasteiger partial charge in [0.15, 0.2) is 5.65 Å². The molecule has 0 aliphatic carbocycles. The summed E-state index contributed by atoms with van der Waals surface area (Å²) < 4.78 is 5.19. The lowest BCUT2D eigenvalue weighted by molar-refractivity contribution is -0.130. The van der Waals surface area contributed by atoms with Crippen molar-refractivity contribution < 1.29 is 9.53 Å². The molecule has 0 aliphatic rings. The molecule has 3 rings (SSSR count). The van der Waals surface area contributed by atoms with Crippen molar-refractivity contribution in [2.45, 2.75) is 6.92 Å². The first-order valence-corrected chi connectivity index (χ1v) is 5.75. The second kappa shape index (κ2) is 4.20. The van der Waals surface area contributed by atoms with E-state index in [1.54, 1.807) is 31.3 Å². The van der Waals surface area contributed by atoms with Crippen molar-refractivity contribution in [1.82, 2.24) is 15.2 Å². The second-order valence-electron chi connectivity index (χ2n) is 4.32. The quantitative estimate of drug-likeness (QED) is 0.433. The summed E-state index contributed by atoms with van der Waals surface area (Å²) in [5.41, 5.74) is 1.91. The number of H-pyrrole nitrogens is 1. The Kier molecular flexibility index (Phi) is 2.52. The van der Waals surface area contributed by atoms with Crippen molar-refractivity contribution in [3.63, 3.8) is 0 Å². The van der Waals surface area contributed by atoms with Crippen LogP contribution in [-0.2, 0) is 4.79 Å². The van der Waals surface area contributed by atoms with Gasteiger partial charge in [-0.25, -0.2) is 9.78 Å². The van der Waals surface area contributed by atoms with Crippen molar-refractivity contribution in [2.75, 3.05) is 0 Å². The van der Waals surface area contributed by atoms with E-state index < -0.39 is 5.97 Å². The molecule has 1 aromatic carbocycles. The van der Waals surface area contributed by atoms with Gasteiger partial charge in [0, 0.05) is 16.3 Å². The van der Waals surface area contributed by atoms with Crippen LogP contribution in [0.2, 0.25) is 0 Å². The number of esters is 1. The molecule has 2 heterocycles. The third-order valence-corrected chi connectivity index (χ3v) is 2.75. The van der Waals surface area contributed by atoms with Crippen LogP contribution < -0.4 is 4.74 Å². The van der Waals surface area contributed by atoms with Crippen molar-refractivity contribution in [3.05, 3.63) is 42.6 Å². The van der Waals surface area contributed by atoms with E-state index >= 15 is 0 Å². The van der Waals surface area contributed by atoms with Gasteiger partial charge < -0.3 is 4.74 Å². The summed E-state index contributed by atoms with van der Waals surface area (Å²) in [6.07, 6.45) is 1.70. The van der Waals surface area contributed by atoms with E-state index in [0.29, 0.717) is 11.3 Å². The Morgan fingerprint density at radius 1 is 1.32 bits per heavy atom. The lowest BCUT2D eigenvalue weighted by Crippen LogP contribution is -2.07. The molecule has 0 unspecified atom stereocenters. The first-order chi connectivity index (χ1) is 9.13. The van der Waals surface area contributed by atoms with Gasteiger partial charge in [-0.2, -0.15) is 5.10 Å². The Balaban J connectivity index is 2.06. The number of aromatic nitrogens is 3. The zero-order chi connectivity index (χ0) is 13.4. The van der Waals surface area contributed by atoms with E-state index in [2.05, 4.69) is 21.8 Å². The van der Waals surface area contributed by atoms with Crippen LogP contribution in [0.25, 0.3) is 21.9 Å². The molecule has 2 aromatic heterocycles. The molecule has 0 fully saturated rings. The summed E-state index contributed by atoms with van der Waals surface area (Å²) in [7, 11) is 0. The molecule has 0 atom stereocenters. The van der Waals surface area contributed by atoms with Gasteiger partial charge in [-0.15, -0.1) is 0 Å². The minimum absolute atomic E-state index is 0.364. The van der Waals surface area contributed by atoms with E-state index in [1.165, 1.54) is 0 Å². The highest BCUT2D eigenvalue weighted by molar-refractivity contribution is 5.93. The number of rotatable bonds is 2. The Morgan fingerprint density at radius 3 is 2.95 bits per heavy atom. The molecule has 0 saturated carbocycles. The van der Waals surface area contributed by atoms with Crippen LogP contribution in [0.3, 0.4) is 0 Å². The summed E-state index contributed by atoms with van der Waals surface area (Å²) in [6, 6.07) is 7.23. The number of nitrogens with one attached hydrogen (secondary N) is 1. The van der Waals surface area contributed by atoms with Gasteiger partial charge in [-0.1, -0.05) is 6.58 Å². The summed E-state index contributed by atoms with van der Waals surface area (Å²) in [5, 5.41) is 8.55. The predicted molar refractivity (Wildman–Crippen MR) is 71.8 cm³/mol. The topological polar surface area (TPSA) is 67.9 Å².